The summed E-state index contributed by atoms with van der Waals surface area (Å²) in [4.78, 5) is 10.3. The molecular weight excluding hydrogens is 232 g/mol. The molecule has 0 aliphatic carbocycles. The maximum atomic E-state index is 5.85. The number of nitrogen functional groups attached to an aromatic ring is 1. The third-order valence-electron chi connectivity index (χ3n) is 2.36. The fourth-order valence-corrected chi connectivity index (χ4v) is 2.84. The predicted molar refractivity (Wildman–Crippen MR) is 65.6 cm³/mol. The number of hydrogen-bond acceptors (Lipinski definition) is 5. The van der Waals surface area contributed by atoms with Crippen molar-refractivity contribution in [3.63, 3.8) is 0 Å². The quantitative estimate of drug-likeness (QED) is 0.762. The van der Waals surface area contributed by atoms with Crippen LogP contribution < -0.4 is 10.6 Å². The summed E-state index contributed by atoms with van der Waals surface area (Å²) >= 11 is 7.81. The van der Waals surface area contributed by atoms with Crippen LogP contribution in [0.3, 0.4) is 0 Å². The van der Waals surface area contributed by atoms with Crippen LogP contribution in [0, 0.1) is 0 Å². The highest BCUT2D eigenvalue weighted by molar-refractivity contribution is 7.99. The standard InChI is InChI=1S/C9H13ClN4S/c1-6-5-15-3-2-14(6)8-4-7(10)12-9(11)13-8/h4,6H,2-3,5H2,1H3,(H2,11,12,13). The van der Waals surface area contributed by atoms with Gasteiger partial charge in [-0.1, -0.05) is 11.6 Å². The van der Waals surface area contributed by atoms with Crippen molar-refractivity contribution < 1.29 is 0 Å². The maximum Gasteiger partial charge on any atom is 0.223 e. The number of hydrogen-bond donors (Lipinski definition) is 1. The molecule has 1 aromatic rings. The van der Waals surface area contributed by atoms with Crippen molar-refractivity contribution in [1.82, 2.24) is 9.97 Å². The second-order valence-electron chi connectivity index (χ2n) is 3.52. The molecule has 1 saturated heterocycles. The molecule has 1 atom stereocenters. The van der Waals surface area contributed by atoms with E-state index in [4.69, 9.17) is 17.3 Å². The molecule has 2 rings (SSSR count). The van der Waals surface area contributed by atoms with Crippen molar-refractivity contribution in [3.8, 4) is 0 Å². The summed E-state index contributed by atoms with van der Waals surface area (Å²) in [5.74, 6) is 3.30. The van der Waals surface area contributed by atoms with Gasteiger partial charge in [0.25, 0.3) is 0 Å². The highest BCUT2D eigenvalue weighted by atomic mass is 35.5. The van der Waals surface area contributed by atoms with Gasteiger partial charge in [0, 0.05) is 30.2 Å². The minimum atomic E-state index is 0.239. The molecule has 0 aromatic carbocycles. The van der Waals surface area contributed by atoms with Crippen molar-refractivity contribution >= 4 is 35.1 Å². The van der Waals surface area contributed by atoms with E-state index in [0.29, 0.717) is 11.2 Å². The molecule has 15 heavy (non-hydrogen) atoms. The number of nitrogens with two attached hydrogens (primary N) is 1. The maximum absolute atomic E-state index is 5.85. The van der Waals surface area contributed by atoms with E-state index >= 15 is 0 Å². The van der Waals surface area contributed by atoms with Crippen molar-refractivity contribution in [1.29, 1.82) is 0 Å². The molecule has 2 N–H and O–H groups in total. The molecule has 0 amide bonds. The van der Waals surface area contributed by atoms with Crippen LogP contribution in [0.2, 0.25) is 5.15 Å². The second-order valence-corrected chi connectivity index (χ2v) is 5.06. The lowest BCUT2D eigenvalue weighted by Crippen LogP contribution is -2.41. The fourth-order valence-electron chi connectivity index (χ4n) is 1.64. The van der Waals surface area contributed by atoms with Crippen LogP contribution in [0.1, 0.15) is 6.92 Å². The molecule has 1 unspecified atom stereocenters. The monoisotopic (exact) mass is 244 g/mol. The van der Waals surface area contributed by atoms with E-state index in [9.17, 15) is 0 Å². The molecule has 1 aliphatic rings. The third kappa shape index (κ3) is 2.46. The van der Waals surface area contributed by atoms with Crippen LogP contribution in [0.4, 0.5) is 11.8 Å². The van der Waals surface area contributed by atoms with Gasteiger partial charge in [-0.05, 0) is 6.92 Å². The van der Waals surface area contributed by atoms with Crippen LogP contribution in [-0.2, 0) is 0 Å². The van der Waals surface area contributed by atoms with Gasteiger partial charge in [0.1, 0.15) is 11.0 Å². The Bertz CT molecular complexity index is 340. The van der Waals surface area contributed by atoms with E-state index in [0.717, 1.165) is 23.9 Å². The average molecular weight is 245 g/mol. The van der Waals surface area contributed by atoms with Crippen LogP contribution in [-0.4, -0.2) is 34.1 Å². The summed E-state index contributed by atoms with van der Waals surface area (Å²) in [6.45, 7) is 3.16. The summed E-state index contributed by atoms with van der Waals surface area (Å²) in [5, 5.41) is 0.405. The first-order valence-corrected chi connectivity index (χ1v) is 6.34. The first-order chi connectivity index (χ1) is 7.16. The molecule has 82 valence electrons. The van der Waals surface area contributed by atoms with Crippen LogP contribution in [0.5, 0.6) is 0 Å². The van der Waals surface area contributed by atoms with Gasteiger partial charge in [0.15, 0.2) is 0 Å². The van der Waals surface area contributed by atoms with Gasteiger partial charge in [0.05, 0.1) is 0 Å². The van der Waals surface area contributed by atoms with E-state index in [2.05, 4.69) is 21.8 Å². The Morgan fingerprint density at radius 2 is 2.40 bits per heavy atom. The number of nitrogens with zero attached hydrogens (tertiary/aromatic N) is 3. The predicted octanol–water partition coefficient (Wildman–Crippen LogP) is 1.65. The van der Waals surface area contributed by atoms with Crippen molar-refractivity contribution in [2.24, 2.45) is 0 Å². The molecule has 2 heterocycles. The zero-order valence-electron chi connectivity index (χ0n) is 8.48. The van der Waals surface area contributed by atoms with Gasteiger partial charge in [-0.25, -0.2) is 4.98 Å². The van der Waals surface area contributed by atoms with Crippen LogP contribution >= 0.6 is 23.4 Å². The lowest BCUT2D eigenvalue weighted by molar-refractivity contribution is 0.689. The zero-order chi connectivity index (χ0) is 10.8. The normalized spacial score (nSPS) is 21.7. The Kier molecular flexibility index (Phi) is 3.21. The zero-order valence-corrected chi connectivity index (χ0v) is 10.1. The molecule has 0 spiro atoms. The lowest BCUT2D eigenvalue weighted by atomic mass is 10.3. The number of thioether (sulfide) groups is 1. The highest BCUT2D eigenvalue weighted by Gasteiger charge is 2.20. The van der Waals surface area contributed by atoms with E-state index in [1.807, 2.05) is 11.8 Å². The first-order valence-electron chi connectivity index (χ1n) is 4.81. The molecule has 4 nitrogen and oxygen atoms in total. The Labute approximate surface area is 98.2 Å². The largest absolute Gasteiger partial charge is 0.368 e. The number of aromatic nitrogens is 2. The van der Waals surface area contributed by atoms with Crippen molar-refractivity contribution in [2.45, 2.75) is 13.0 Å². The van der Waals surface area contributed by atoms with E-state index in [-0.39, 0.29) is 5.95 Å². The van der Waals surface area contributed by atoms with E-state index < -0.39 is 0 Å². The number of rotatable bonds is 1. The van der Waals surface area contributed by atoms with Gasteiger partial charge in [-0.15, -0.1) is 0 Å². The second kappa shape index (κ2) is 4.45. The smallest absolute Gasteiger partial charge is 0.223 e. The van der Waals surface area contributed by atoms with Crippen molar-refractivity contribution in [2.75, 3.05) is 28.7 Å². The van der Waals surface area contributed by atoms with Gasteiger partial charge in [0.2, 0.25) is 5.95 Å². The fraction of sp³-hybridized carbons (Fsp3) is 0.556. The van der Waals surface area contributed by atoms with Gasteiger partial charge in [-0.3, -0.25) is 0 Å². The summed E-state index contributed by atoms with van der Waals surface area (Å²) in [6.07, 6.45) is 0. The van der Waals surface area contributed by atoms with E-state index in [1.165, 1.54) is 0 Å². The molecule has 0 bridgehead atoms. The Morgan fingerprint density at radius 1 is 1.60 bits per heavy atom. The number of anilines is 2. The summed E-state index contributed by atoms with van der Waals surface area (Å²) in [6, 6.07) is 2.24. The minimum absolute atomic E-state index is 0.239. The number of halogens is 1. The average Bonchev–Trinajstić information content (AvgIpc) is 2.16. The topological polar surface area (TPSA) is 55.0 Å². The SMILES string of the molecule is CC1CSCCN1c1cc(Cl)nc(N)n1. The molecule has 1 aromatic heterocycles. The Hall–Kier alpha value is -0.680. The summed E-state index contributed by atoms with van der Waals surface area (Å²) < 4.78 is 0. The Morgan fingerprint density at radius 3 is 3.07 bits per heavy atom. The van der Waals surface area contributed by atoms with Crippen molar-refractivity contribution in [3.05, 3.63) is 11.2 Å². The first kappa shape index (κ1) is 10.8. The van der Waals surface area contributed by atoms with Crippen LogP contribution in [0.25, 0.3) is 0 Å². The third-order valence-corrected chi connectivity index (χ3v) is 3.74. The molecular formula is C9H13ClN4S. The van der Waals surface area contributed by atoms with Gasteiger partial charge < -0.3 is 10.6 Å². The summed E-state index contributed by atoms with van der Waals surface area (Å²) in [5.41, 5.74) is 5.57. The van der Waals surface area contributed by atoms with Gasteiger partial charge >= 0.3 is 0 Å². The molecule has 0 saturated carbocycles. The minimum Gasteiger partial charge on any atom is -0.368 e. The van der Waals surface area contributed by atoms with Crippen LogP contribution in [0.15, 0.2) is 6.07 Å². The Balaban J connectivity index is 2.27. The molecule has 1 aliphatic heterocycles. The molecule has 6 heteroatoms. The molecule has 0 radical (unpaired) electrons. The van der Waals surface area contributed by atoms with Gasteiger partial charge in [-0.2, -0.15) is 16.7 Å². The highest BCUT2D eigenvalue weighted by Crippen LogP contribution is 2.24. The lowest BCUT2D eigenvalue weighted by Gasteiger charge is -2.34. The van der Waals surface area contributed by atoms with E-state index in [1.54, 1.807) is 6.07 Å². The molecule has 1 fully saturated rings. The summed E-state index contributed by atoms with van der Waals surface area (Å²) in [7, 11) is 0.